The average molecular weight is 288 g/mol. The summed E-state index contributed by atoms with van der Waals surface area (Å²) >= 11 is 0. The fourth-order valence-electron chi connectivity index (χ4n) is 3.65. The molecule has 0 saturated carbocycles. The summed E-state index contributed by atoms with van der Waals surface area (Å²) in [5.74, 6) is 0.829. The summed E-state index contributed by atoms with van der Waals surface area (Å²) in [7, 11) is 0. The lowest BCUT2D eigenvalue weighted by Crippen LogP contribution is -2.40. The van der Waals surface area contributed by atoms with Gasteiger partial charge >= 0.3 is 0 Å². The number of hydrogen-bond donors (Lipinski definition) is 0. The van der Waals surface area contributed by atoms with Crippen LogP contribution in [0.3, 0.4) is 0 Å². The van der Waals surface area contributed by atoms with Crippen LogP contribution >= 0.6 is 0 Å². The van der Waals surface area contributed by atoms with Crippen LogP contribution < -0.4 is 0 Å². The standard InChI is InChI=1S/C18H28N2O/c1-15-4-3-5-18(12-15)16(2)20-7-6-17(14-20)13-19-8-10-21-11-9-19/h3-5,12,16-17H,6-11,13-14H2,1-2H3/t16-,17+/m1/s1. The maximum absolute atomic E-state index is 5.44. The summed E-state index contributed by atoms with van der Waals surface area (Å²) in [6.45, 7) is 12.3. The Morgan fingerprint density at radius 3 is 2.81 bits per heavy atom. The zero-order valence-corrected chi connectivity index (χ0v) is 13.4. The second kappa shape index (κ2) is 6.91. The molecule has 1 aromatic rings. The molecular weight excluding hydrogens is 260 g/mol. The van der Waals surface area contributed by atoms with Crippen LogP contribution in [0.25, 0.3) is 0 Å². The molecule has 21 heavy (non-hydrogen) atoms. The predicted octanol–water partition coefficient (Wildman–Crippen LogP) is 2.71. The van der Waals surface area contributed by atoms with Crippen LogP contribution in [0.15, 0.2) is 24.3 Å². The molecule has 116 valence electrons. The largest absolute Gasteiger partial charge is 0.379 e. The van der Waals surface area contributed by atoms with Crippen LogP contribution in [0.1, 0.15) is 30.5 Å². The summed E-state index contributed by atoms with van der Waals surface area (Å²) < 4.78 is 5.44. The van der Waals surface area contributed by atoms with Crippen LogP contribution in [0, 0.1) is 12.8 Å². The summed E-state index contributed by atoms with van der Waals surface area (Å²) in [6.07, 6.45) is 1.34. The van der Waals surface area contributed by atoms with Crippen molar-refractivity contribution in [1.82, 2.24) is 9.80 Å². The lowest BCUT2D eigenvalue weighted by atomic mass is 10.0. The van der Waals surface area contributed by atoms with Gasteiger partial charge in [-0.1, -0.05) is 29.8 Å². The highest BCUT2D eigenvalue weighted by Crippen LogP contribution is 2.28. The Kier molecular flexibility index (Phi) is 4.94. The maximum atomic E-state index is 5.44. The number of morpholine rings is 1. The van der Waals surface area contributed by atoms with E-state index in [-0.39, 0.29) is 0 Å². The van der Waals surface area contributed by atoms with Crippen LogP contribution in [0.2, 0.25) is 0 Å². The molecule has 3 rings (SSSR count). The van der Waals surface area contributed by atoms with Gasteiger partial charge in [0.15, 0.2) is 0 Å². The number of hydrogen-bond acceptors (Lipinski definition) is 3. The molecule has 0 aliphatic carbocycles. The fourth-order valence-corrected chi connectivity index (χ4v) is 3.65. The molecule has 0 unspecified atom stereocenters. The van der Waals surface area contributed by atoms with Gasteiger partial charge < -0.3 is 4.74 Å². The van der Waals surface area contributed by atoms with Gasteiger partial charge in [0.2, 0.25) is 0 Å². The van der Waals surface area contributed by atoms with Crippen LogP contribution in [-0.2, 0) is 4.74 Å². The lowest BCUT2D eigenvalue weighted by Gasteiger charge is -2.30. The Labute approximate surface area is 128 Å². The van der Waals surface area contributed by atoms with Crippen LogP contribution in [-0.4, -0.2) is 55.7 Å². The minimum atomic E-state index is 0.541. The Morgan fingerprint density at radius 1 is 1.24 bits per heavy atom. The Bertz CT molecular complexity index is 456. The lowest BCUT2D eigenvalue weighted by molar-refractivity contribution is 0.0309. The smallest absolute Gasteiger partial charge is 0.0594 e. The van der Waals surface area contributed by atoms with Crippen molar-refractivity contribution in [3.05, 3.63) is 35.4 Å². The Balaban J connectivity index is 1.53. The van der Waals surface area contributed by atoms with Crippen LogP contribution in [0.4, 0.5) is 0 Å². The molecule has 2 aliphatic rings. The molecule has 0 amide bonds. The van der Waals surface area contributed by atoms with E-state index in [1.807, 2.05) is 0 Å². The fraction of sp³-hybridized carbons (Fsp3) is 0.667. The molecule has 1 aromatic carbocycles. The van der Waals surface area contributed by atoms with Crippen molar-refractivity contribution in [2.24, 2.45) is 5.92 Å². The number of nitrogens with zero attached hydrogens (tertiary/aromatic N) is 2. The first-order valence-corrected chi connectivity index (χ1v) is 8.33. The van der Waals surface area contributed by atoms with Crippen molar-refractivity contribution in [3.8, 4) is 0 Å². The average Bonchev–Trinajstić information content (AvgIpc) is 2.96. The third-order valence-electron chi connectivity index (χ3n) is 5.01. The highest BCUT2D eigenvalue weighted by Gasteiger charge is 2.28. The molecule has 3 heteroatoms. The second-order valence-corrected chi connectivity index (χ2v) is 6.65. The van der Waals surface area contributed by atoms with E-state index in [4.69, 9.17) is 4.74 Å². The summed E-state index contributed by atoms with van der Waals surface area (Å²) in [5.41, 5.74) is 2.82. The molecule has 0 N–H and O–H groups in total. The monoisotopic (exact) mass is 288 g/mol. The van der Waals surface area contributed by atoms with E-state index in [2.05, 4.69) is 47.9 Å². The number of rotatable bonds is 4. The van der Waals surface area contributed by atoms with Gasteiger partial charge in [-0.15, -0.1) is 0 Å². The topological polar surface area (TPSA) is 15.7 Å². The number of ether oxygens (including phenoxy) is 1. The molecule has 2 atom stereocenters. The van der Waals surface area contributed by atoms with Gasteiger partial charge in [-0.05, 0) is 38.3 Å². The minimum Gasteiger partial charge on any atom is -0.379 e. The predicted molar refractivity (Wildman–Crippen MR) is 86.5 cm³/mol. The highest BCUT2D eigenvalue weighted by molar-refractivity contribution is 5.24. The zero-order chi connectivity index (χ0) is 14.7. The van der Waals surface area contributed by atoms with E-state index in [1.54, 1.807) is 0 Å². The van der Waals surface area contributed by atoms with E-state index >= 15 is 0 Å². The molecule has 0 bridgehead atoms. The van der Waals surface area contributed by atoms with Crippen LogP contribution in [0.5, 0.6) is 0 Å². The highest BCUT2D eigenvalue weighted by atomic mass is 16.5. The normalized spacial score (nSPS) is 26.1. The van der Waals surface area contributed by atoms with Gasteiger partial charge in [-0.3, -0.25) is 9.80 Å². The van der Waals surface area contributed by atoms with Crippen molar-refractivity contribution in [3.63, 3.8) is 0 Å². The van der Waals surface area contributed by atoms with E-state index in [0.29, 0.717) is 6.04 Å². The summed E-state index contributed by atoms with van der Waals surface area (Å²) in [6, 6.07) is 9.51. The summed E-state index contributed by atoms with van der Waals surface area (Å²) in [4.78, 5) is 5.23. The number of aryl methyl sites for hydroxylation is 1. The van der Waals surface area contributed by atoms with E-state index in [0.717, 1.165) is 32.2 Å². The minimum absolute atomic E-state index is 0.541. The molecule has 0 aromatic heterocycles. The van der Waals surface area contributed by atoms with Gasteiger partial charge in [-0.2, -0.15) is 0 Å². The molecule has 2 saturated heterocycles. The first kappa shape index (κ1) is 15.0. The van der Waals surface area contributed by atoms with Crippen molar-refractivity contribution in [2.75, 3.05) is 45.9 Å². The molecule has 2 fully saturated rings. The SMILES string of the molecule is Cc1cccc([C@@H](C)N2CC[C@@H](CN3CCOCC3)C2)c1. The first-order chi connectivity index (χ1) is 10.2. The summed E-state index contributed by atoms with van der Waals surface area (Å²) in [5, 5.41) is 0. The molecule has 0 spiro atoms. The molecule has 2 heterocycles. The first-order valence-electron chi connectivity index (χ1n) is 8.33. The van der Waals surface area contributed by atoms with Gasteiger partial charge in [0, 0.05) is 32.2 Å². The van der Waals surface area contributed by atoms with E-state index < -0.39 is 0 Å². The van der Waals surface area contributed by atoms with Gasteiger partial charge in [0.05, 0.1) is 13.2 Å². The maximum Gasteiger partial charge on any atom is 0.0594 e. The Hall–Kier alpha value is -0.900. The number of likely N-dealkylation sites (tertiary alicyclic amines) is 1. The molecule has 3 nitrogen and oxygen atoms in total. The van der Waals surface area contributed by atoms with E-state index in [1.165, 1.54) is 37.2 Å². The number of benzene rings is 1. The molecule has 0 radical (unpaired) electrons. The van der Waals surface area contributed by atoms with Crippen molar-refractivity contribution in [2.45, 2.75) is 26.3 Å². The third-order valence-corrected chi connectivity index (χ3v) is 5.01. The quantitative estimate of drug-likeness (QED) is 0.847. The zero-order valence-electron chi connectivity index (χ0n) is 13.4. The third kappa shape index (κ3) is 3.85. The van der Waals surface area contributed by atoms with Gasteiger partial charge in [-0.25, -0.2) is 0 Å². The molecular formula is C18H28N2O. The van der Waals surface area contributed by atoms with Gasteiger partial charge in [0.25, 0.3) is 0 Å². The Morgan fingerprint density at radius 2 is 2.05 bits per heavy atom. The second-order valence-electron chi connectivity index (χ2n) is 6.65. The van der Waals surface area contributed by atoms with Crippen molar-refractivity contribution >= 4 is 0 Å². The van der Waals surface area contributed by atoms with Gasteiger partial charge in [0.1, 0.15) is 0 Å². The van der Waals surface area contributed by atoms with Crippen molar-refractivity contribution in [1.29, 1.82) is 0 Å². The van der Waals surface area contributed by atoms with E-state index in [9.17, 15) is 0 Å². The van der Waals surface area contributed by atoms with Crippen molar-refractivity contribution < 1.29 is 4.74 Å². The molecule has 2 aliphatic heterocycles.